The molecule has 3 rings (SSSR count). The molecule has 0 saturated heterocycles. The Morgan fingerprint density at radius 2 is 1.79 bits per heavy atom. The SMILES string of the molecule is COC(=O)c1cccc(CSc2ccc(Cl)cc2NS(=O)(=O)c2ccc(Cl)c(C(F)(F)F)c2)c1. The molecular weight excluding hydrogens is 534 g/mol. The van der Waals surface area contributed by atoms with Crippen molar-refractivity contribution in [1.29, 1.82) is 0 Å². The summed E-state index contributed by atoms with van der Waals surface area (Å²) in [5.41, 5.74) is -0.0432. The van der Waals surface area contributed by atoms with Crippen LogP contribution in [-0.4, -0.2) is 21.5 Å². The lowest BCUT2D eigenvalue weighted by molar-refractivity contribution is -0.137. The average Bonchev–Trinajstić information content (AvgIpc) is 2.77. The van der Waals surface area contributed by atoms with E-state index in [1.54, 1.807) is 36.4 Å². The van der Waals surface area contributed by atoms with Gasteiger partial charge in [0.15, 0.2) is 0 Å². The summed E-state index contributed by atoms with van der Waals surface area (Å²) in [6.07, 6.45) is -4.82. The number of carbonyl (C=O) groups excluding carboxylic acids is 1. The van der Waals surface area contributed by atoms with Gasteiger partial charge in [-0.1, -0.05) is 35.3 Å². The van der Waals surface area contributed by atoms with Gasteiger partial charge in [-0.05, 0) is 54.1 Å². The first-order valence-corrected chi connectivity index (χ1v) is 12.6. The maximum absolute atomic E-state index is 13.2. The third kappa shape index (κ3) is 6.38. The van der Waals surface area contributed by atoms with Crippen LogP contribution < -0.4 is 4.72 Å². The van der Waals surface area contributed by atoms with Crippen LogP contribution in [0.5, 0.6) is 0 Å². The molecule has 3 aromatic rings. The number of methoxy groups -OCH3 is 1. The Bertz CT molecular complexity index is 1330. The molecule has 0 fully saturated rings. The van der Waals surface area contributed by atoms with Crippen molar-refractivity contribution in [3.8, 4) is 0 Å². The fourth-order valence-corrected chi connectivity index (χ4v) is 5.36. The molecule has 0 saturated carbocycles. The van der Waals surface area contributed by atoms with E-state index in [-0.39, 0.29) is 10.7 Å². The Morgan fingerprint density at radius 1 is 1.06 bits per heavy atom. The minimum absolute atomic E-state index is 0.0881. The first-order chi connectivity index (χ1) is 15.9. The van der Waals surface area contributed by atoms with Gasteiger partial charge in [-0.15, -0.1) is 11.8 Å². The minimum atomic E-state index is -4.82. The highest BCUT2D eigenvalue weighted by Gasteiger charge is 2.34. The van der Waals surface area contributed by atoms with Crippen LogP contribution in [0.25, 0.3) is 0 Å². The quantitative estimate of drug-likeness (QED) is 0.256. The molecule has 0 bridgehead atoms. The van der Waals surface area contributed by atoms with Gasteiger partial charge in [-0.3, -0.25) is 4.72 Å². The number of anilines is 1. The van der Waals surface area contributed by atoms with Gasteiger partial charge in [0.1, 0.15) is 0 Å². The third-order valence-corrected chi connectivity index (χ3v) is 7.55. The summed E-state index contributed by atoms with van der Waals surface area (Å²) in [7, 11) is -3.13. The molecule has 0 spiro atoms. The zero-order valence-electron chi connectivity index (χ0n) is 17.3. The van der Waals surface area contributed by atoms with Crippen LogP contribution in [0.1, 0.15) is 21.5 Å². The van der Waals surface area contributed by atoms with E-state index >= 15 is 0 Å². The number of carbonyl (C=O) groups is 1. The maximum atomic E-state index is 13.2. The molecule has 0 aliphatic carbocycles. The molecule has 0 aromatic heterocycles. The van der Waals surface area contributed by atoms with E-state index in [2.05, 4.69) is 4.72 Å². The fourth-order valence-electron chi connectivity index (χ4n) is 2.87. The van der Waals surface area contributed by atoms with Gasteiger partial charge in [0.25, 0.3) is 10.0 Å². The highest BCUT2D eigenvalue weighted by atomic mass is 35.5. The second kappa shape index (κ2) is 10.5. The van der Waals surface area contributed by atoms with Crippen molar-refractivity contribution in [2.75, 3.05) is 11.8 Å². The number of benzene rings is 3. The number of thioether (sulfide) groups is 1. The minimum Gasteiger partial charge on any atom is -0.465 e. The molecule has 0 radical (unpaired) electrons. The predicted octanol–water partition coefficient (Wildman–Crippen LogP) is 6.89. The van der Waals surface area contributed by atoms with Crippen molar-refractivity contribution in [2.24, 2.45) is 0 Å². The van der Waals surface area contributed by atoms with E-state index in [0.29, 0.717) is 22.3 Å². The van der Waals surface area contributed by atoms with Crippen molar-refractivity contribution in [2.45, 2.75) is 21.7 Å². The third-order valence-electron chi connectivity index (χ3n) is 4.48. The number of alkyl halides is 3. The Balaban J connectivity index is 1.88. The van der Waals surface area contributed by atoms with E-state index in [4.69, 9.17) is 27.9 Å². The number of nitrogens with one attached hydrogen (secondary N) is 1. The topological polar surface area (TPSA) is 72.5 Å². The normalized spacial score (nSPS) is 11.8. The number of rotatable bonds is 7. The Kier molecular flexibility index (Phi) is 8.07. The highest BCUT2D eigenvalue weighted by Crippen LogP contribution is 2.37. The maximum Gasteiger partial charge on any atom is 0.417 e. The molecule has 0 heterocycles. The van der Waals surface area contributed by atoms with Gasteiger partial charge in [0.2, 0.25) is 0 Å². The van der Waals surface area contributed by atoms with Crippen LogP contribution in [0.3, 0.4) is 0 Å². The summed E-state index contributed by atoms with van der Waals surface area (Å²) >= 11 is 12.9. The lowest BCUT2D eigenvalue weighted by Gasteiger charge is -2.15. The van der Waals surface area contributed by atoms with Gasteiger partial charge in [-0.25, -0.2) is 13.2 Å². The van der Waals surface area contributed by atoms with Gasteiger partial charge in [0.05, 0.1) is 33.8 Å². The van der Waals surface area contributed by atoms with Crippen molar-refractivity contribution in [3.05, 3.63) is 87.4 Å². The molecule has 0 atom stereocenters. The summed E-state index contributed by atoms with van der Waals surface area (Å²) in [6.45, 7) is 0. The van der Waals surface area contributed by atoms with Gasteiger partial charge < -0.3 is 4.74 Å². The van der Waals surface area contributed by atoms with Gasteiger partial charge in [0, 0.05) is 15.7 Å². The van der Waals surface area contributed by atoms with Crippen LogP contribution in [0.15, 0.2) is 70.5 Å². The Labute approximate surface area is 208 Å². The van der Waals surface area contributed by atoms with Crippen molar-refractivity contribution in [1.82, 2.24) is 0 Å². The lowest BCUT2D eigenvalue weighted by atomic mass is 10.1. The van der Waals surface area contributed by atoms with Crippen LogP contribution >= 0.6 is 35.0 Å². The van der Waals surface area contributed by atoms with Crippen molar-refractivity contribution < 1.29 is 31.1 Å². The zero-order chi connectivity index (χ0) is 25.1. The first kappa shape index (κ1) is 26.2. The molecule has 0 amide bonds. The molecule has 5 nitrogen and oxygen atoms in total. The van der Waals surface area contributed by atoms with Crippen LogP contribution in [-0.2, 0) is 26.7 Å². The average molecular weight is 550 g/mol. The van der Waals surface area contributed by atoms with Gasteiger partial charge >= 0.3 is 12.1 Å². The Morgan fingerprint density at radius 3 is 2.47 bits per heavy atom. The van der Waals surface area contributed by atoms with E-state index in [1.165, 1.54) is 24.9 Å². The number of hydrogen-bond donors (Lipinski definition) is 1. The summed E-state index contributed by atoms with van der Waals surface area (Å²) in [5, 5.41) is -0.388. The monoisotopic (exact) mass is 549 g/mol. The molecule has 0 aliphatic heterocycles. The molecular formula is C22H16Cl2F3NO4S2. The second-order valence-corrected chi connectivity index (χ2v) is 10.4. The van der Waals surface area contributed by atoms with E-state index in [0.717, 1.165) is 17.7 Å². The standard InChI is InChI=1S/C22H16Cl2F3NO4S2/c1-32-21(29)14-4-2-3-13(9-14)12-33-20-8-5-15(23)10-19(20)28-34(30,31)16-6-7-18(24)17(11-16)22(25,26)27/h2-11,28H,12H2,1H3. The number of hydrogen-bond acceptors (Lipinski definition) is 5. The number of sulfonamides is 1. The van der Waals surface area contributed by atoms with Crippen LogP contribution in [0.2, 0.25) is 10.0 Å². The smallest absolute Gasteiger partial charge is 0.417 e. The second-order valence-electron chi connectivity index (χ2n) is 6.87. The Hall–Kier alpha value is -2.40. The van der Waals surface area contributed by atoms with Crippen LogP contribution in [0.4, 0.5) is 18.9 Å². The van der Waals surface area contributed by atoms with Crippen molar-refractivity contribution in [3.63, 3.8) is 0 Å². The largest absolute Gasteiger partial charge is 0.465 e. The fraction of sp³-hybridized carbons (Fsp3) is 0.136. The summed E-state index contributed by atoms with van der Waals surface area (Å²) < 4.78 is 72.2. The zero-order valence-corrected chi connectivity index (χ0v) is 20.5. The molecule has 180 valence electrons. The number of halogens is 5. The lowest BCUT2D eigenvalue weighted by Crippen LogP contribution is -2.15. The molecule has 1 N–H and O–H groups in total. The number of ether oxygens (including phenoxy) is 1. The van der Waals surface area contributed by atoms with Crippen LogP contribution in [0, 0.1) is 0 Å². The molecule has 0 unspecified atom stereocenters. The summed E-state index contributed by atoms with van der Waals surface area (Å²) in [4.78, 5) is 11.6. The summed E-state index contributed by atoms with van der Waals surface area (Å²) in [6, 6.07) is 13.5. The summed E-state index contributed by atoms with van der Waals surface area (Å²) in [5.74, 6) is -0.131. The molecule has 34 heavy (non-hydrogen) atoms. The van der Waals surface area contributed by atoms with Crippen molar-refractivity contribution >= 4 is 56.6 Å². The molecule has 0 aliphatic rings. The van der Waals surface area contributed by atoms with E-state index in [1.807, 2.05) is 0 Å². The number of esters is 1. The predicted molar refractivity (Wildman–Crippen MR) is 126 cm³/mol. The van der Waals surface area contributed by atoms with E-state index in [9.17, 15) is 26.4 Å². The van der Waals surface area contributed by atoms with E-state index < -0.39 is 37.7 Å². The highest BCUT2D eigenvalue weighted by molar-refractivity contribution is 7.98. The van der Waals surface area contributed by atoms with Gasteiger partial charge in [-0.2, -0.15) is 13.2 Å². The molecule has 12 heteroatoms. The molecule has 3 aromatic carbocycles. The first-order valence-electron chi connectivity index (χ1n) is 9.40.